The molecule has 1 atom stereocenters. The van der Waals surface area contributed by atoms with Crippen LogP contribution in [0.1, 0.15) is 32.3 Å². The minimum Gasteiger partial charge on any atom is -0.497 e. The van der Waals surface area contributed by atoms with E-state index in [0.717, 1.165) is 16.3 Å². The van der Waals surface area contributed by atoms with Gasteiger partial charge in [-0.15, -0.1) is 0 Å². The summed E-state index contributed by atoms with van der Waals surface area (Å²) in [5.74, 6) is -0.205. The molecule has 11 heteroatoms. The Hall–Kier alpha value is -3.27. The SMILES string of the molecule is CCCNC(=O)[C@H](CC)N(Cc1ccc(OC)cc1)C(=O)CN(c1cccc(Cl)c1)S(=O)(=O)c1ccc(Cl)cc1. The lowest BCUT2D eigenvalue weighted by Crippen LogP contribution is -2.52. The van der Waals surface area contributed by atoms with Gasteiger partial charge in [0.2, 0.25) is 11.8 Å². The largest absolute Gasteiger partial charge is 0.497 e. The van der Waals surface area contributed by atoms with Crippen molar-refractivity contribution in [1.29, 1.82) is 0 Å². The number of amides is 2. The lowest BCUT2D eigenvalue weighted by Gasteiger charge is -2.33. The van der Waals surface area contributed by atoms with Crippen LogP contribution in [0.2, 0.25) is 10.0 Å². The molecule has 0 aromatic heterocycles. The first-order valence-electron chi connectivity index (χ1n) is 12.8. The van der Waals surface area contributed by atoms with Crippen LogP contribution in [-0.4, -0.2) is 51.4 Å². The summed E-state index contributed by atoms with van der Waals surface area (Å²) in [5.41, 5.74) is 0.967. The van der Waals surface area contributed by atoms with Crippen LogP contribution in [0, 0.1) is 0 Å². The summed E-state index contributed by atoms with van der Waals surface area (Å²) in [4.78, 5) is 28.5. The molecule has 214 valence electrons. The molecule has 8 nitrogen and oxygen atoms in total. The van der Waals surface area contributed by atoms with Crippen LogP contribution in [-0.2, 0) is 26.2 Å². The van der Waals surface area contributed by atoms with Gasteiger partial charge in [0.1, 0.15) is 18.3 Å². The van der Waals surface area contributed by atoms with E-state index in [0.29, 0.717) is 28.8 Å². The zero-order valence-corrected chi connectivity index (χ0v) is 25.0. The van der Waals surface area contributed by atoms with Crippen LogP contribution < -0.4 is 14.4 Å². The summed E-state index contributed by atoms with van der Waals surface area (Å²) in [6, 6.07) is 18.2. The van der Waals surface area contributed by atoms with Crippen molar-refractivity contribution in [2.75, 3.05) is 24.5 Å². The fourth-order valence-corrected chi connectivity index (χ4v) is 5.82. The number of methoxy groups -OCH3 is 1. The fraction of sp³-hybridized carbons (Fsp3) is 0.310. The number of carbonyl (C=O) groups excluding carboxylic acids is 2. The van der Waals surface area contributed by atoms with E-state index in [2.05, 4.69) is 5.32 Å². The highest BCUT2D eigenvalue weighted by molar-refractivity contribution is 7.92. The topological polar surface area (TPSA) is 96.0 Å². The van der Waals surface area contributed by atoms with E-state index in [9.17, 15) is 18.0 Å². The Morgan fingerprint density at radius 3 is 2.20 bits per heavy atom. The van der Waals surface area contributed by atoms with E-state index in [1.807, 2.05) is 13.8 Å². The van der Waals surface area contributed by atoms with Gasteiger partial charge in [-0.1, -0.05) is 55.2 Å². The van der Waals surface area contributed by atoms with E-state index in [-0.39, 0.29) is 23.0 Å². The molecule has 3 rings (SSSR count). The van der Waals surface area contributed by atoms with Crippen LogP contribution in [0.4, 0.5) is 5.69 Å². The summed E-state index contributed by atoms with van der Waals surface area (Å²) in [6.07, 6.45) is 1.06. The first kappa shape index (κ1) is 31.3. The van der Waals surface area contributed by atoms with Crippen LogP contribution in [0.3, 0.4) is 0 Å². The molecule has 0 fully saturated rings. The van der Waals surface area contributed by atoms with Crippen molar-refractivity contribution in [2.24, 2.45) is 0 Å². The number of rotatable bonds is 13. The average Bonchev–Trinajstić information content (AvgIpc) is 2.95. The van der Waals surface area contributed by atoms with Crippen LogP contribution in [0.5, 0.6) is 5.75 Å². The predicted molar refractivity (Wildman–Crippen MR) is 158 cm³/mol. The van der Waals surface area contributed by atoms with Gasteiger partial charge in [-0.3, -0.25) is 13.9 Å². The van der Waals surface area contributed by atoms with Crippen LogP contribution in [0.25, 0.3) is 0 Å². The van der Waals surface area contributed by atoms with Crippen molar-refractivity contribution in [3.63, 3.8) is 0 Å². The number of nitrogens with zero attached hydrogens (tertiary/aromatic N) is 2. The lowest BCUT2D eigenvalue weighted by atomic mass is 10.1. The summed E-state index contributed by atoms with van der Waals surface area (Å²) >= 11 is 12.2. The molecular weight excluding hydrogens is 573 g/mol. The van der Waals surface area contributed by atoms with Crippen molar-refractivity contribution >= 4 is 50.7 Å². The second kappa shape index (κ2) is 14.4. The molecule has 0 saturated carbocycles. The predicted octanol–water partition coefficient (Wildman–Crippen LogP) is 5.53. The van der Waals surface area contributed by atoms with Gasteiger partial charge in [0.15, 0.2) is 0 Å². The van der Waals surface area contributed by atoms with E-state index in [4.69, 9.17) is 27.9 Å². The Morgan fingerprint density at radius 2 is 1.62 bits per heavy atom. The fourth-order valence-electron chi connectivity index (χ4n) is 4.11. The zero-order chi connectivity index (χ0) is 29.3. The second-order valence-electron chi connectivity index (χ2n) is 9.03. The first-order valence-corrected chi connectivity index (χ1v) is 15.0. The van der Waals surface area contributed by atoms with Gasteiger partial charge < -0.3 is 15.0 Å². The molecular formula is C29H33Cl2N3O5S. The number of hydrogen-bond donors (Lipinski definition) is 1. The quantitative estimate of drug-likeness (QED) is 0.276. The van der Waals surface area contributed by atoms with Gasteiger partial charge >= 0.3 is 0 Å². The number of ether oxygens (including phenoxy) is 1. The van der Waals surface area contributed by atoms with Crippen molar-refractivity contribution < 1.29 is 22.7 Å². The van der Waals surface area contributed by atoms with Gasteiger partial charge in [-0.05, 0) is 73.0 Å². The van der Waals surface area contributed by atoms with E-state index in [1.54, 1.807) is 49.6 Å². The summed E-state index contributed by atoms with van der Waals surface area (Å²) in [6.45, 7) is 3.74. The minimum atomic E-state index is -4.21. The van der Waals surface area contributed by atoms with E-state index >= 15 is 0 Å². The molecule has 0 aliphatic carbocycles. The number of anilines is 1. The van der Waals surface area contributed by atoms with E-state index in [1.165, 1.54) is 35.2 Å². The Balaban J connectivity index is 2.04. The molecule has 3 aromatic carbocycles. The molecule has 0 saturated heterocycles. The third-order valence-electron chi connectivity index (χ3n) is 6.22. The maximum absolute atomic E-state index is 14.0. The Bertz CT molecular complexity index is 1400. The molecule has 40 heavy (non-hydrogen) atoms. The summed E-state index contributed by atoms with van der Waals surface area (Å²) in [5, 5.41) is 3.54. The molecule has 3 aromatic rings. The third-order valence-corrected chi connectivity index (χ3v) is 8.50. The number of hydrogen-bond acceptors (Lipinski definition) is 5. The highest BCUT2D eigenvalue weighted by Crippen LogP contribution is 2.28. The smallest absolute Gasteiger partial charge is 0.264 e. The lowest BCUT2D eigenvalue weighted by molar-refractivity contribution is -0.140. The molecule has 0 aliphatic rings. The molecule has 2 amide bonds. The van der Waals surface area contributed by atoms with Gasteiger partial charge in [0, 0.05) is 23.1 Å². The Labute approximate surface area is 245 Å². The molecule has 0 spiro atoms. The van der Waals surface area contributed by atoms with Crippen LogP contribution >= 0.6 is 23.2 Å². The third kappa shape index (κ3) is 7.90. The maximum Gasteiger partial charge on any atom is 0.264 e. The second-order valence-corrected chi connectivity index (χ2v) is 11.8. The Morgan fingerprint density at radius 1 is 0.950 bits per heavy atom. The molecule has 0 heterocycles. The van der Waals surface area contributed by atoms with Crippen molar-refractivity contribution in [3.8, 4) is 5.75 Å². The highest BCUT2D eigenvalue weighted by Gasteiger charge is 2.33. The summed E-state index contributed by atoms with van der Waals surface area (Å²) < 4.78 is 33.9. The van der Waals surface area contributed by atoms with Gasteiger partial charge in [-0.25, -0.2) is 8.42 Å². The Kier molecular flexibility index (Phi) is 11.2. The minimum absolute atomic E-state index is 0.0425. The molecule has 0 unspecified atom stereocenters. The molecule has 0 radical (unpaired) electrons. The molecule has 0 aliphatic heterocycles. The van der Waals surface area contributed by atoms with Crippen molar-refractivity contribution in [3.05, 3.63) is 88.4 Å². The average molecular weight is 607 g/mol. The first-order chi connectivity index (χ1) is 19.1. The number of carbonyl (C=O) groups is 2. The van der Waals surface area contributed by atoms with Crippen molar-refractivity contribution in [2.45, 2.75) is 44.2 Å². The summed E-state index contributed by atoms with van der Waals surface area (Å²) in [7, 11) is -2.66. The monoisotopic (exact) mass is 605 g/mol. The van der Waals surface area contributed by atoms with Crippen LogP contribution in [0.15, 0.2) is 77.7 Å². The van der Waals surface area contributed by atoms with Gasteiger partial charge in [0.25, 0.3) is 10.0 Å². The number of benzene rings is 3. The standard InChI is InChI=1S/C29H33Cl2N3O5S/c1-4-17-32-29(36)27(5-2)33(19-21-9-13-25(39-3)14-10-21)28(35)20-34(24-8-6-7-23(31)18-24)40(37,38)26-15-11-22(30)12-16-26/h6-16,18,27H,4-5,17,19-20H2,1-3H3,(H,32,36)/t27-/m0/s1. The maximum atomic E-state index is 14.0. The van der Waals surface area contributed by atoms with Gasteiger partial charge in [-0.2, -0.15) is 0 Å². The van der Waals surface area contributed by atoms with E-state index < -0.39 is 28.5 Å². The molecule has 0 bridgehead atoms. The van der Waals surface area contributed by atoms with Crippen molar-refractivity contribution in [1.82, 2.24) is 10.2 Å². The van der Waals surface area contributed by atoms with Gasteiger partial charge in [0.05, 0.1) is 17.7 Å². The number of sulfonamides is 1. The normalized spacial score (nSPS) is 11.9. The number of nitrogens with one attached hydrogen (secondary N) is 1. The number of halogens is 2. The molecule has 1 N–H and O–H groups in total. The highest BCUT2D eigenvalue weighted by atomic mass is 35.5. The zero-order valence-electron chi connectivity index (χ0n) is 22.6.